The van der Waals surface area contributed by atoms with E-state index in [0.29, 0.717) is 0 Å². The van der Waals surface area contributed by atoms with Crippen LogP contribution in [0.2, 0.25) is 0 Å². The van der Waals surface area contributed by atoms with Crippen molar-refractivity contribution in [3.05, 3.63) is 0 Å². The van der Waals surface area contributed by atoms with E-state index in [9.17, 15) is 0 Å². The molecule has 1 heteroatoms. The van der Waals surface area contributed by atoms with Crippen LogP contribution in [0.4, 0.5) is 0 Å². The zero-order valence-electron chi connectivity index (χ0n) is 6.23. The molecule has 0 radical (unpaired) electrons. The van der Waals surface area contributed by atoms with Gasteiger partial charge >= 0.3 is 0 Å². The van der Waals surface area contributed by atoms with E-state index >= 15 is 0 Å². The number of aliphatic hydroxyl groups is 1. The molecule has 0 aromatic carbocycles. The highest BCUT2D eigenvalue weighted by Gasteiger charge is 2.20. The first kappa shape index (κ1) is 7.96. The van der Waals surface area contributed by atoms with Crippen LogP contribution in [0, 0.1) is 5.41 Å². The molecular formula is C7H16O. The summed E-state index contributed by atoms with van der Waals surface area (Å²) < 4.78 is 0. The molecule has 50 valence electrons. The molecule has 1 nitrogen and oxygen atoms in total. The van der Waals surface area contributed by atoms with Gasteiger partial charge in [-0.2, -0.15) is 0 Å². The van der Waals surface area contributed by atoms with Crippen molar-refractivity contribution >= 4 is 0 Å². The molecule has 0 aliphatic carbocycles. The summed E-state index contributed by atoms with van der Waals surface area (Å²) in [7, 11) is 0. The maximum absolute atomic E-state index is 9.08. The summed E-state index contributed by atoms with van der Waals surface area (Å²) in [5, 5.41) is 9.08. The van der Waals surface area contributed by atoms with Gasteiger partial charge in [0.25, 0.3) is 0 Å². The second-order valence-electron chi connectivity index (χ2n) is 3.02. The Hall–Kier alpha value is -0.0400. The van der Waals surface area contributed by atoms with E-state index in [1.54, 1.807) is 0 Å². The maximum Gasteiger partial charge on any atom is 0.0562 e. The third-order valence-corrected chi connectivity index (χ3v) is 2.04. The predicted molar refractivity (Wildman–Crippen MR) is 35.8 cm³/mol. The van der Waals surface area contributed by atoms with Gasteiger partial charge in [0, 0.05) is 0 Å². The normalized spacial score (nSPS) is 16.1. The van der Waals surface area contributed by atoms with Crippen molar-refractivity contribution in [1.82, 2.24) is 0 Å². The fourth-order valence-electron chi connectivity index (χ4n) is 0.295. The first-order chi connectivity index (χ1) is 3.50. The van der Waals surface area contributed by atoms with Crippen molar-refractivity contribution in [2.24, 2.45) is 5.41 Å². The lowest BCUT2D eigenvalue weighted by molar-refractivity contribution is 0.0635. The van der Waals surface area contributed by atoms with E-state index in [0.717, 1.165) is 6.42 Å². The summed E-state index contributed by atoms with van der Waals surface area (Å²) in [6, 6.07) is 0. The van der Waals surface area contributed by atoms with Crippen LogP contribution in [-0.4, -0.2) is 11.2 Å². The van der Waals surface area contributed by atoms with Gasteiger partial charge in [0.05, 0.1) is 6.10 Å². The number of rotatable bonds is 2. The molecule has 0 heterocycles. The van der Waals surface area contributed by atoms with Gasteiger partial charge in [-0.05, 0) is 18.8 Å². The minimum atomic E-state index is -0.188. The fraction of sp³-hybridized carbons (Fsp3) is 1.00. The molecule has 0 bridgehead atoms. The quantitative estimate of drug-likeness (QED) is 0.583. The molecule has 1 atom stereocenters. The summed E-state index contributed by atoms with van der Waals surface area (Å²) in [5.74, 6) is 0. The predicted octanol–water partition coefficient (Wildman–Crippen LogP) is 1.80. The van der Waals surface area contributed by atoms with Crippen molar-refractivity contribution in [3.8, 4) is 0 Å². The molecular weight excluding hydrogens is 100 g/mol. The molecule has 0 amide bonds. The first-order valence-corrected chi connectivity index (χ1v) is 3.18. The molecule has 0 aliphatic rings. The van der Waals surface area contributed by atoms with Crippen molar-refractivity contribution in [1.29, 1.82) is 0 Å². The van der Waals surface area contributed by atoms with Crippen molar-refractivity contribution in [2.45, 2.75) is 40.2 Å². The number of hydrogen-bond donors (Lipinski definition) is 1. The monoisotopic (exact) mass is 116 g/mol. The van der Waals surface area contributed by atoms with Gasteiger partial charge in [-0.1, -0.05) is 20.8 Å². The molecule has 1 N–H and O–H groups in total. The van der Waals surface area contributed by atoms with Crippen LogP contribution in [0.5, 0.6) is 0 Å². The number of aliphatic hydroxyl groups excluding tert-OH is 1. The molecule has 0 aliphatic heterocycles. The topological polar surface area (TPSA) is 20.2 Å². The van der Waals surface area contributed by atoms with E-state index in [-0.39, 0.29) is 11.5 Å². The third kappa shape index (κ3) is 1.83. The Kier molecular flexibility index (Phi) is 2.48. The first-order valence-electron chi connectivity index (χ1n) is 3.18. The van der Waals surface area contributed by atoms with Gasteiger partial charge in [-0.25, -0.2) is 0 Å². The van der Waals surface area contributed by atoms with Crippen LogP contribution in [0.15, 0.2) is 0 Å². The molecule has 0 spiro atoms. The van der Waals surface area contributed by atoms with Crippen LogP contribution in [0.25, 0.3) is 0 Å². The van der Waals surface area contributed by atoms with Crippen molar-refractivity contribution < 1.29 is 5.11 Å². The summed E-state index contributed by atoms with van der Waals surface area (Å²) in [6.45, 7) is 8.06. The number of hydrogen-bond acceptors (Lipinski definition) is 1. The lowest BCUT2D eigenvalue weighted by Gasteiger charge is -2.25. The van der Waals surface area contributed by atoms with Gasteiger partial charge in [0.15, 0.2) is 0 Å². The Morgan fingerprint density at radius 1 is 1.50 bits per heavy atom. The second kappa shape index (κ2) is 2.49. The largest absolute Gasteiger partial charge is 0.393 e. The lowest BCUT2D eigenvalue weighted by atomic mass is 9.85. The Morgan fingerprint density at radius 3 is 1.88 bits per heavy atom. The highest BCUT2D eigenvalue weighted by Crippen LogP contribution is 2.23. The molecule has 0 aromatic rings. The van der Waals surface area contributed by atoms with Crippen molar-refractivity contribution in [3.63, 3.8) is 0 Å². The Balaban J connectivity index is 3.71. The van der Waals surface area contributed by atoms with Crippen LogP contribution >= 0.6 is 0 Å². The van der Waals surface area contributed by atoms with Gasteiger partial charge < -0.3 is 5.11 Å². The summed E-state index contributed by atoms with van der Waals surface area (Å²) in [4.78, 5) is 0. The van der Waals surface area contributed by atoms with E-state index in [2.05, 4.69) is 20.8 Å². The average molecular weight is 116 g/mol. The van der Waals surface area contributed by atoms with Gasteiger partial charge in [0.2, 0.25) is 0 Å². The zero-order valence-corrected chi connectivity index (χ0v) is 6.23. The van der Waals surface area contributed by atoms with Crippen LogP contribution in [-0.2, 0) is 0 Å². The molecule has 0 fully saturated rings. The Bertz CT molecular complexity index is 64.8. The highest BCUT2D eigenvalue weighted by atomic mass is 16.3. The van der Waals surface area contributed by atoms with Gasteiger partial charge in [0.1, 0.15) is 0 Å². The maximum atomic E-state index is 9.08. The third-order valence-electron chi connectivity index (χ3n) is 2.04. The molecule has 0 rings (SSSR count). The standard InChI is InChI=1S/C7H16O/c1-5-7(3,4)6(2)8/h6,8H,5H2,1-4H3. The Labute approximate surface area is 51.7 Å². The summed E-state index contributed by atoms with van der Waals surface area (Å²) in [5.41, 5.74) is 0.0972. The molecule has 0 saturated carbocycles. The second-order valence-corrected chi connectivity index (χ2v) is 3.02. The zero-order chi connectivity index (χ0) is 6.78. The lowest BCUT2D eigenvalue weighted by Crippen LogP contribution is -2.24. The van der Waals surface area contributed by atoms with E-state index in [4.69, 9.17) is 5.11 Å². The van der Waals surface area contributed by atoms with Crippen LogP contribution < -0.4 is 0 Å². The van der Waals surface area contributed by atoms with E-state index in [1.165, 1.54) is 0 Å². The molecule has 0 saturated heterocycles. The van der Waals surface area contributed by atoms with Crippen LogP contribution in [0.1, 0.15) is 34.1 Å². The highest BCUT2D eigenvalue weighted by molar-refractivity contribution is 4.71. The minimum absolute atomic E-state index is 0.0972. The summed E-state index contributed by atoms with van der Waals surface area (Å²) >= 11 is 0. The Morgan fingerprint density at radius 2 is 1.88 bits per heavy atom. The van der Waals surface area contributed by atoms with Crippen LogP contribution in [0.3, 0.4) is 0 Å². The van der Waals surface area contributed by atoms with Gasteiger partial charge in [-0.3, -0.25) is 0 Å². The molecule has 0 aromatic heterocycles. The smallest absolute Gasteiger partial charge is 0.0562 e. The van der Waals surface area contributed by atoms with E-state index < -0.39 is 0 Å². The molecule has 8 heavy (non-hydrogen) atoms. The molecule has 1 unspecified atom stereocenters. The van der Waals surface area contributed by atoms with Gasteiger partial charge in [-0.15, -0.1) is 0 Å². The van der Waals surface area contributed by atoms with E-state index in [1.807, 2.05) is 6.92 Å². The SMILES string of the molecule is CCC(C)(C)C(C)O. The summed E-state index contributed by atoms with van der Waals surface area (Å²) in [6.07, 6.45) is 0.845. The van der Waals surface area contributed by atoms with Crippen molar-refractivity contribution in [2.75, 3.05) is 0 Å². The average Bonchev–Trinajstić information content (AvgIpc) is 1.67. The minimum Gasteiger partial charge on any atom is -0.393 e. The fourth-order valence-corrected chi connectivity index (χ4v) is 0.295.